The molecule has 0 unspecified atom stereocenters. The van der Waals surface area contributed by atoms with Crippen LogP contribution in [0.1, 0.15) is 16.7 Å². The van der Waals surface area contributed by atoms with Gasteiger partial charge in [-0.1, -0.05) is 41.9 Å². The highest BCUT2D eigenvalue weighted by Gasteiger charge is 2.16. The van der Waals surface area contributed by atoms with Gasteiger partial charge in [-0.3, -0.25) is 14.9 Å². The quantitative estimate of drug-likeness (QED) is 0.117. The van der Waals surface area contributed by atoms with Crippen LogP contribution in [0.15, 0.2) is 78.9 Å². The molecule has 3 aromatic carbocycles. The molecular weight excluding hydrogens is 482 g/mol. The van der Waals surface area contributed by atoms with E-state index in [4.69, 9.17) is 21.1 Å². The van der Waals surface area contributed by atoms with Gasteiger partial charge >= 0.3 is 0 Å². The maximum absolute atomic E-state index is 12.7. The number of amides is 1. The van der Waals surface area contributed by atoms with E-state index in [0.717, 1.165) is 11.1 Å². The Morgan fingerprint density at radius 3 is 2.64 bits per heavy atom. The molecule has 0 aliphatic rings. The number of anilines is 1. The third-order valence-corrected chi connectivity index (χ3v) is 5.43. The summed E-state index contributed by atoms with van der Waals surface area (Å²) in [5.74, 6) is 0.194. The van der Waals surface area contributed by atoms with Gasteiger partial charge in [0, 0.05) is 34.0 Å². The van der Waals surface area contributed by atoms with Crippen LogP contribution in [0.2, 0.25) is 5.02 Å². The van der Waals surface area contributed by atoms with Crippen molar-refractivity contribution in [2.75, 3.05) is 12.4 Å². The van der Waals surface area contributed by atoms with Gasteiger partial charge in [-0.15, -0.1) is 6.58 Å². The molecular formula is C27H22ClN3O5. The SMILES string of the molecule is C=CCc1cc(/C=C(\C#N)C(=O)Nc2cccc([N+](=O)[O-])c2)cc(OC)c1OCc1ccccc1Cl. The molecule has 0 aromatic heterocycles. The Balaban J connectivity index is 1.90. The molecule has 3 rings (SSSR count). The predicted molar refractivity (Wildman–Crippen MR) is 138 cm³/mol. The summed E-state index contributed by atoms with van der Waals surface area (Å²) in [5, 5.41) is 23.7. The number of allylic oxidation sites excluding steroid dienone is 1. The van der Waals surface area contributed by atoms with Gasteiger partial charge in [0.1, 0.15) is 18.2 Å². The first kappa shape index (κ1) is 26.0. The highest BCUT2D eigenvalue weighted by atomic mass is 35.5. The number of nitro benzene ring substituents is 1. The number of methoxy groups -OCH3 is 1. The molecule has 0 atom stereocenters. The number of carbonyl (C=O) groups is 1. The van der Waals surface area contributed by atoms with E-state index in [1.165, 1.54) is 37.5 Å². The molecule has 0 saturated heterocycles. The maximum Gasteiger partial charge on any atom is 0.271 e. The second kappa shape index (κ2) is 12.2. The van der Waals surface area contributed by atoms with Crippen molar-refractivity contribution in [1.29, 1.82) is 5.26 Å². The number of nitrogens with zero attached hydrogens (tertiary/aromatic N) is 2. The molecule has 0 spiro atoms. The second-order valence-electron chi connectivity index (χ2n) is 7.52. The third-order valence-electron chi connectivity index (χ3n) is 5.06. The maximum atomic E-state index is 12.7. The number of nitrogens with one attached hydrogen (secondary N) is 1. The van der Waals surface area contributed by atoms with Crippen LogP contribution in [0.25, 0.3) is 6.08 Å². The second-order valence-corrected chi connectivity index (χ2v) is 7.92. The van der Waals surface area contributed by atoms with Crippen molar-refractivity contribution in [3.63, 3.8) is 0 Å². The van der Waals surface area contributed by atoms with Crippen molar-refractivity contribution >= 4 is 35.0 Å². The summed E-state index contributed by atoms with van der Waals surface area (Å²) in [5.41, 5.74) is 1.89. The van der Waals surface area contributed by atoms with Crippen molar-refractivity contribution in [2.24, 2.45) is 0 Å². The van der Waals surface area contributed by atoms with Gasteiger partial charge in [-0.25, -0.2) is 0 Å². The van der Waals surface area contributed by atoms with Gasteiger partial charge < -0.3 is 14.8 Å². The van der Waals surface area contributed by atoms with Gasteiger partial charge in [-0.2, -0.15) is 5.26 Å². The molecule has 36 heavy (non-hydrogen) atoms. The van der Waals surface area contributed by atoms with E-state index in [0.29, 0.717) is 28.5 Å². The van der Waals surface area contributed by atoms with Crippen molar-refractivity contribution in [2.45, 2.75) is 13.0 Å². The summed E-state index contributed by atoms with van der Waals surface area (Å²) in [6, 6.07) is 18.1. The lowest BCUT2D eigenvalue weighted by atomic mass is 10.0. The monoisotopic (exact) mass is 503 g/mol. The van der Waals surface area contributed by atoms with Crippen LogP contribution in [-0.4, -0.2) is 17.9 Å². The molecule has 0 radical (unpaired) electrons. The fourth-order valence-electron chi connectivity index (χ4n) is 3.37. The lowest BCUT2D eigenvalue weighted by Crippen LogP contribution is -2.13. The minimum Gasteiger partial charge on any atom is -0.493 e. The number of ether oxygens (including phenoxy) is 2. The Hall–Kier alpha value is -4.61. The van der Waals surface area contributed by atoms with Crippen molar-refractivity contribution in [1.82, 2.24) is 0 Å². The van der Waals surface area contributed by atoms with Crippen molar-refractivity contribution < 1.29 is 19.2 Å². The van der Waals surface area contributed by atoms with Crippen LogP contribution in [-0.2, 0) is 17.8 Å². The molecule has 9 heteroatoms. The van der Waals surface area contributed by atoms with E-state index in [2.05, 4.69) is 11.9 Å². The zero-order chi connectivity index (χ0) is 26.1. The highest BCUT2D eigenvalue weighted by Crippen LogP contribution is 2.35. The number of non-ortho nitro benzene ring substituents is 1. The summed E-state index contributed by atoms with van der Waals surface area (Å²) in [4.78, 5) is 23.1. The molecule has 182 valence electrons. The highest BCUT2D eigenvalue weighted by molar-refractivity contribution is 6.31. The molecule has 1 amide bonds. The van der Waals surface area contributed by atoms with Gasteiger partial charge in [0.2, 0.25) is 0 Å². The fourth-order valence-corrected chi connectivity index (χ4v) is 3.56. The van der Waals surface area contributed by atoms with Crippen LogP contribution < -0.4 is 14.8 Å². The van der Waals surface area contributed by atoms with Gasteiger partial charge in [0.15, 0.2) is 11.5 Å². The first-order chi connectivity index (χ1) is 17.4. The lowest BCUT2D eigenvalue weighted by Gasteiger charge is -2.16. The Morgan fingerprint density at radius 2 is 1.97 bits per heavy atom. The average Bonchev–Trinajstić information content (AvgIpc) is 2.87. The smallest absolute Gasteiger partial charge is 0.271 e. The van der Waals surface area contributed by atoms with E-state index in [1.807, 2.05) is 24.3 Å². The van der Waals surface area contributed by atoms with E-state index < -0.39 is 10.8 Å². The zero-order valence-electron chi connectivity index (χ0n) is 19.4. The Morgan fingerprint density at radius 1 is 1.19 bits per heavy atom. The van der Waals surface area contributed by atoms with E-state index >= 15 is 0 Å². The van der Waals surface area contributed by atoms with Crippen LogP contribution in [0.5, 0.6) is 11.5 Å². The fraction of sp³-hybridized carbons (Fsp3) is 0.111. The number of halogens is 1. The van der Waals surface area contributed by atoms with Gasteiger partial charge in [0.25, 0.3) is 11.6 Å². The van der Waals surface area contributed by atoms with Crippen molar-refractivity contribution in [3.8, 4) is 17.6 Å². The normalized spacial score (nSPS) is 10.8. The van der Waals surface area contributed by atoms with Crippen LogP contribution >= 0.6 is 11.6 Å². The largest absolute Gasteiger partial charge is 0.493 e. The number of nitro groups is 1. The molecule has 1 N–H and O–H groups in total. The third kappa shape index (κ3) is 6.50. The topological polar surface area (TPSA) is 114 Å². The first-order valence-corrected chi connectivity index (χ1v) is 11.1. The predicted octanol–water partition coefficient (Wildman–Crippen LogP) is 6.11. The summed E-state index contributed by atoms with van der Waals surface area (Å²) >= 11 is 6.24. The van der Waals surface area contributed by atoms with E-state index in [1.54, 1.807) is 24.3 Å². The summed E-state index contributed by atoms with van der Waals surface area (Å²) in [7, 11) is 1.49. The van der Waals surface area contributed by atoms with Crippen LogP contribution in [0, 0.1) is 21.4 Å². The van der Waals surface area contributed by atoms with Crippen LogP contribution in [0.3, 0.4) is 0 Å². The molecule has 0 heterocycles. The Labute approximate surface area is 213 Å². The van der Waals surface area contributed by atoms with Gasteiger partial charge in [-0.05, 0) is 42.3 Å². The summed E-state index contributed by atoms with van der Waals surface area (Å²) in [6.45, 7) is 4.00. The molecule has 0 aliphatic heterocycles. The van der Waals surface area contributed by atoms with Gasteiger partial charge in [0.05, 0.1) is 12.0 Å². The first-order valence-electron chi connectivity index (χ1n) is 10.7. The Bertz CT molecular complexity index is 1380. The lowest BCUT2D eigenvalue weighted by molar-refractivity contribution is -0.384. The number of nitriles is 1. The molecule has 0 fully saturated rings. The average molecular weight is 504 g/mol. The zero-order valence-corrected chi connectivity index (χ0v) is 20.1. The minimum atomic E-state index is -0.707. The molecule has 8 nitrogen and oxygen atoms in total. The standard InChI is InChI=1S/C27H22ClN3O5/c1-3-7-19-12-18(14-25(35-2)26(19)36-17-20-8-4-5-11-24(20)28)13-21(16-29)27(32)30-22-9-6-10-23(15-22)31(33)34/h3-6,8-15H,1,7,17H2,2H3,(H,30,32)/b21-13+. The minimum absolute atomic E-state index is 0.179. The van der Waals surface area contributed by atoms with Crippen molar-refractivity contribution in [3.05, 3.63) is 111 Å². The molecule has 3 aromatic rings. The van der Waals surface area contributed by atoms with E-state index in [-0.39, 0.29) is 23.6 Å². The number of benzene rings is 3. The molecule has 0 aliphatic carbocycles. The summed E-state index contributed by atoms with van der Waals surface area (Å²) in [6.07, 6.45) is 3.54. The molecule has 0 bridgehead atoms. The van der Waals surface area contributed by atoms with Crippen LogP contribution in [0.4, 0.5) is 11.4 Å². The Kier molecular flexibility index (Phi) is 8.81. The van der Waals surface area contributed by atoms with E-state index in [9.17, 15) is 20.2 Å². The summed E-state index contributed by atoms with van der Waals surface area (Å²) < 4.78 is 11.6. The number of carbonyl (C=O) groups excluding carboxylic acids is 1. The molecule has 0 saturated carbocycles. The number of rotatable bonds is 10. The number of hydrogen-bond acceptors (Lipinski definition) is 6. The number of hydrogen-bond donors (Lipinski definition) is 1.